The van der Waals surface area contributed by atoms with Crippen molar-refractivity contribution in [3.8, 4) is 0 Å². The van der Waals surface area contributed by atoms with Gasteiger partial charge >= 0.3 is 5.97 Å². The third-order valence-corrected chi connectivity index (χ3v) is 2.15. The van der Waals surface area contributed by atoms with Crippen molar-refractivity contribution in [1.29, 1.82) is 0 Å². The molecule has 0 amide bonds. The standard InChI is InChI=1S/C10H21NO2/c1-9(6-7-10(12)13)5-4-8-11(2)3/h9H,4-8H2,1-3H3,(H,12,13). The van der Waals surface area contributed by atoms with Gasteiger partial charge in [-0.2, -0.15) is 0 Å². The number of aliphatic carboxylic acids is 1. The largest absolute Gasteiger partial charge is 0.481 e. The number of carboxylic acid groups (broad SMARTS) is 1. The van der Waals surface area contributed by atoms with Crippen LogP contribution in [0.25, 0.3) is 0 Å². The highest BCUT2D eigenvalue weighted by Gasteiger charge is 2.05. The molecule has 0 heterocycles. The van der Waals surface area contributed by atoms with Gasteiger partial charge in [0.25, 0.3) is 0 Å². The van der Waals surface area contributed by atoms with Gasteiger partial charge in [-0.15, -0.1) is 0 Å². The molecule has 0 aromatic heterocycles. The Morgan fingerprint density at radius 2 is 2.00 bits per heavy atom. The first kappa shape index (κ1) is 12.4. The summed E-state index contributed by atoms with van der Waals surface area (Å²) in [7, 11) is 4.11. The average Bonchev–Trinajstić information content (AvgIpc) is 2.00. The lowest BCUT2D eigenvalue weighted by molar-refractivity contribution is -0.137. The molecule has 0 spiro atoms. The van der Waals surface area contributed by atoms with Crippen LogP contribution in [0.4, 0.5) is 0 Å². The van der Waals surface area contributed by atoms with E-state index in [0.29, 0.717) is 12.3 Å². The quantitative estimate of drug-likeness (QED) is 0.661. The lowest BCUT2D eigenvalue weighted by Gasteiger charge is -2.12. The van der Waals surface area contributed by atoms with Crippen molar-refractivity contribution in [2.24, 2.45) is 5.92 Å². The summed E-state index contributed by atoms with van der Waals surface area (Å²) in [5.41, 5.74) is 0. The van der Waals surface area contributed by atoms with Crippen molar-refractivity contribution in [3.05, 3.63) is 0 Å². The zero-order valence-electron chi connectivity index (χ0n) is 8.92. The molecule has 0 fully saturated rings. The lowest BCUT2D eigenvalue weighted by atomic mass is 10.00. The number of rotatable bonds is 7. The van der Waals surface area contributed by atoms with E-state index >= 15 is 0 Å². The van der Waals surface area contributed by atoms with Crippen LogP contribution in [0.1, 0.15) is 32.6 Å². The molecule has 0 saturated carbocycles. The minimum atomic E-state index is -0.681. The second-order valence-electron chi connectivity index (χ2n) is 3.98. The number of carboxylic acids is 1. The molecule has 0 bridgehead atoms. The zero-order chi connectivity index (χ0) is 10.3. The Hall–Kier alpha value is -0.570. The first-order chi connectivity index (χ1) is 6.02. The molecule has 0 aliphatic carbocycles. The first-order valence-corrected chi connectivity index (χ1v) is 4.89. The van der Waals surface area contributed by atoms with Gasteiger partial charge in [-0.25, -0.2) is 0 Å². The van der Waals surface area contributed by atoms with E-state index in [1.165, 1.54) is 0 Å². The van der Waals surface area contributed by atoms with Gasteiger partial charge in [0.2, 0.25) is 0 Å². The smallest absolute Gasteiger partial charge is 0.303 e. The molecule has 0 rings (SSSR count). The minimum absolute atomic E-state index is 0.309. The summed E-state index contributed by atoms with van der Waals surface area (Å²) in [6.07, 6.45) is 3.41. The molecule has 0 saturated heterocycles. The monoisotopic (exact) mass is 187 g/mol. The van der Waals surface area contributed by atoms with E-state index in [2.05, 4.69) is 25.9 Å². The second kappa shape index (κ2) is 6.89. The summed E-state index contributed by atoms with van der Waals surface area (Å²) in [5, 5.41) is 8.47. The van der Waals surface area contributed by atoms with Gasteiger partial charge in [0.05, 0.1) is 0 Å². The SMILES string of the molecule is CC(CCCN(C)C)CCC(=O)O. The Bertz CT molecular complexity index is 146. The molecule has 1 N–H and O–H groups in total. The van der Waals surface area contributed by atoms with Crippen LogP contribution in [0.5, 0.6) is 0 Å². The van der Waals surface area contributed by atoms with Crippen LogP contribution < -0.4 is 0 Å². The van der Waals surface area contributed by atoms with Gasteiger partial charge in [0, 0.05) is 6.42 Å². The van der Waals surface area contributed by atoms with Gasteiger partial charge in [-0.3, -0.25) is 4.79 Å². The summed E-state index contributed by atoms with van der Waals surface area (Å²) < 4.78 is 0. The van der Waals surface area contributed by atoms with Gasteiger partial charge in [-0.05, 0) is 45.8 Å². The molecule has 13 heavy (non-hydrogen) atoms. The maximum Gasteiger partial charge on any atom is 0.303 e. The molecule has 3 heteroatoms. The van der Waals surface area contributed by atoms with Crippen molar-refractivity contribution < 1.29 is 9.90 Å². The molecule has 0 aliphatic rings. The number of hydrogen-bond donors (Lipinski definition) is 1. The Kier molecular flexibility index (Phi) is 6.59. The van der Waals surface area contributed by atoms with Crippen LogP contribution in [0, 0.1) is 5.92 Å². The van der Waals surface area contributed by atoms with Crippen molar-refractivity contribution in [2.75, 3.05) is 20.6 Å². The van der Waals surface area contributed by atoms with Gasteiger partial charge in [-0.1, -0.05) is 6.92 Å². The van der Waals surface area contributed by atoms with E-state index in [9.17, 15) is 4.79 Å². The van der Waals surface area contributed by atoms with Crippen LogP contribution in [0.2, 0.25) is 0 Å². The molecule has 0 radical (unpaired) electrons. The Morgan fingerprint density at radius 1 is 1.38 bits per heavy atom. The fourth-order valence-corrected chi connectivity index (χ4v) is 1.27. The lowest BCUT2D eigenvalue weighted by Crippen LogP contribution is -2.14. The van der Waals surface area contributed by atoms with E-state index < -0.39 is 5.97 Å². The molecule has 78 valence electrons. The predicted octanol–water partition coefficient (Wildman–Crippen LogP) is 1.83. The topological polar surface area (TPSA) is 40.5 Å². The maximum atomic E-state index is 10.3. The Labute approximate surface area is 80.7 Å². The molecule has 0 aliphatic heterocycles. The second-order valence-corrected chi connectivity index (χ2v) is 3.98. The van der Waals surface area contributed by atoms with E-state index in [1.54, 1.807) is 0 Å². The minimum Gasteiger partial charge on any atom is -0.481 e. The predicted molar refractivity (Wildman–Crippen MR) is 53.8 cm³/mol. The van der Waals surface area contributed by atoms with Crippen LogP contribution >= 0.6 is 0 Å². The molecule has 0 aromatic rings. The molecule has 3 nitrogen and oxygen atoms in total. The van der Waals surface area contributed by atoms with E-state index in [4.69, 9.17) is 5.11 Å². The Balaban J connectivity index is 3.30. The summed E-state index contributed by atoms with van der Waals surface area (Å²) in [4.78, 5) is 12.4. The normalized spacial score (nSPS) is 13.2. The molecule has 1 atom stereocenters. The van der Waals surface area contributed by atoms with Crippen LogP contribution in [-0.4, -0.2) is 36.6 Å². The van der Waals surface area contributed by atoms with Crippen molar-refractivity contribution in [3.63, 3.8) is 0 Å². The van der Waals surface area contributed by atoms with E-state index in [1.807, 2.05) is 0 Å². The molecular weight excluding hydrogens is 166 g/mol. The van der Waals surface area contributed by atoms with Crippen LogP contribution in [0.15, 0.2) is 0 Å². The van der Waals surface area contributed by atoms with Gasteiger partial charge in [0.15, 0.2) is 0 Å². The van der Waals surface area contributed by atoms with E-state index in [0.717, 1.165) is 25.8 Å². The Morgan fingerprint density at radius 3 is 2.46 bits per heavy atom. The number of carbonyl (C=O) groups is 1. The highest BCUT2D eigenvalue weighted by atomic mass is 16.4. The highest BCUT2D eigenvalue weighted by Crippen LogP contribution is 2.12. The van der Waals surface area contributed by atoms with Crippen molar-refractivity contribution in [2.45, 2.75) is 32.6 Å². The van der Waals surface area contributed by atoms with Gasteiger partial charge in [0.1, 0.15) is 0 Å². The number of hydrogen-bond acceptors (Lipinski definition) is 2. The fraction of sp³-hybridized carbons (Fsp3) is 0.900. The fourth-order valence-electron chi connectivity index (χ4n) is 1.27. The molecule has 1 unspecified atom stereocenters. The zero-order valence-corrected chi connectivity index (χ0v) is 8.92. The van der Waals surface area contributed by atoms with Crippen LogP contribution in [0.3, 0.4) is 0 Å². The maximum absolute atomic E-state index is 10.3. The highest BCUT2D eigenvalue weighted by molar-refractivity contribution is 5.66. The summed E-state index contributed by atoms with van der Waals surface area (Å²) in [6, 6.07) is 0. The van der Waals surface area contributed by atoms with Crippen molar-refractivity contribution >= 4 is 5.97 Å². The third-order valence-electron chi connectivity index (χ3n) is 2.15. The summed E-state index contributed by atoms with van der Waals surface area (Å²) in [5.74, 6) is -0.143. The first-order valence-electron chi connectivity index (χ1n) is 4.89. The average molecular weight is 187 g/mol. The summed E-state index contributed by atoms with van der Waals surface area (Å²) >= 11 is 0. The molecule has 0 aromatic carbocycles. The van der Waals surface area contributed by atoms with Crippen molar-refractivity contribution in [1.82, 2.24) is 4.90 Å². The number of nitrogens with zero attached hydrogens (tertiary/aromatic N) is 1. The van der Waals surface area contributed by atoms with E-state index in [-0.39, 0.29) is 0 Å². The van der Waals surface area contributed by atoms with Gasteiger partial charge < -0.3 is 10.0 Å². The van der Waals surface area contributed by atoms with Crippen LogP contribution in [-0.2, 0) is 4.79 Å². The molecular formula is C10H21NO2. The summed E-state index contributed by atoms with van der Waals surface area (Å²) in [6.45, 7) is 3.22. The third kappa shape index (κ3) is 9.34.